The summed E-state index contributed by atoms with van der Waals surface area (Å²) in [5.41, 5.74) is 6.80. The maximum absolute atomic E-state index is 12.8. The lowest BCUT2D eigenvalue weighted by atomic mass is 9.87. The molecule has 4 rings (SSSR count). The zero-order chi connectivity index (χ0) is 23.0. The second kappa shape index (κ2) is 8.74. The van der Waals surface area contributed by atoms with Gasteiger partial charge in [0.05, 0.1) is 27.2 Å². The number of hydrogen-bond donors (Lipinski definition) is 0. The van der Waals surface area contributed by atoms with Gasteiger partial charge in [0, 0.05) is 16.6 Å². The third-order valence-corrected chi connectivity index (χ3v) is 6.21. The number of nitrogens with zero attached hydrogens (tertiary/aromatic N) is 2. The Hall–Kier alpha value is -2.60. The van der Waals surface area contributed by atoms with E-state index in [-0.39, 0.29) is 5.78 Å². The van der Waals surface area contributed by atoms with Crippen molar-refractivity contribution in [3.8, 4) is 21.7 Å². The molecule has 0 fully saturated rings. The van der Waals surface area contributed by atoms with E-state index in [1.807, 2.05) is 70.3 Å². The number of ketones is 1. The van der Waals surface area contributed by atoms with Gasteiger partial charge in [-0.3, -0.25) is 9.78 Å². The average molecular weight is 465 g/mol. The topological polar surface area (TPSA) is 52.1 Å². The van der Waals surface area contributed by atoms with Crippen LogP contribution in [0.3, 0.4) is 0 Å². The molecule has 2 aromatic heterocycles. The van der Waals surface area contributed by atoms with E-state index in [1.165, 1.54) is 0 Å². The van der Waals surface area contributed by atoms with Crippen molar-refractivity contribution in [1.29, 1.82) is 0 Å². The van der Waals surface area contributed by atoms with Crippen LogP contribution in [-0.4, -0.2) is 21.4 Å². The van der Waals surface area contributed by atoms with Crippen molar-refractivity contribution >= 4 is 39.6 Å². The molecule has 0 aliphatic heterocycles. The van der Waals surface area contributed by atoms with Crippen molar-refractivity contribution < 1.29 is 9.53 Å². The summed E-state index contributed by atoms with van der Waals surface area (Å²) >= 11 is 7.73. The molecule has 0 amide bonds. The Balaban J connectivity index is 2.03. The number of aryl methyl sites for hydroxylation is 1. The summed E-state index contributed by atoms with van der Waals surface area (Å²) in [6.07, 6.45) is 1.13. The minimum absolute atomic E-state index is 0.0353. The Labute approximate surface area is 197 Å². The van der Waals surface area contributed by atoms with Crippen molar-refractivity contribution in [2.75, 3.05) is 0 Å². The third-order valence-electron chi connectivity index (χ3n) is 5.16. The number of thiazole rings is 1. The van der Waals surface area contributed by atoms with Crippen molar-refractivity contribution in [1.82, 2.24) is 9.97 Å². The molecule has 2 heterocycles. The summed E-state index contributed by atoms with van der Waals surface area (Å²) < 4.78 is 6.28. The van der Waals surface area contributed by atoms with E-state index in [4.69, 9.17) is 21.3 Å². The number of rotatable bonds is 5. The molecular formula is C26H25ClN2O2S. The number of carbonyl (C=O) groups excluding carboxylic acids is 1. The maximum atomic E-state index is 12.8. The summed E-state index contributed by atoms with van der Waals surface area (Å²) in [4.78, 5) is 22.9. The molecule has 0 radical (unpaired) electrons. The lowest BCUT2D eigenvalue weighted by Gasteiger charge is -2.29. The molecule has 0 N–H and O–H groups in total. The lowest BCUT2D eigenvalue weighted by Crippen LogP contribution is -2.27. The predicted octanol–water partition coefficient (Wildman–Crippen LogP) is 7.43. The van der Waals surface area contributed by atoms with Crippen molar-refractivity contribution in [3.63, 3.8) is 0 Å². The highest BCUT2D eigenvalue weighted by Crippen LogP contribution is 2.41. The van der Waals surface area contributed by atoms with Crippen LogP contribution in [0, 0.1) is 6.92 Å². The van der Waals surface area contributed by atoms with Gasteiger partial charge >= 0.3 is 0 Å². The molecule has 0 spiro atoms. The molecule has 4 nitrogen and oxygen atoms in total. The van der Waals surface area contributed by atoms with Crippen LogP contribution in [-0.2, 0) is 9.53 Å². The summed E-state index contributed by atoms with van der Waals surface area (Å²) in [6, 6.07) is 13.8. The highest BCUT2D eigenvalue weighted by Gasteiger charge is 2.29. The van der Waals surface area contributed by atoms with Crippen molar-refractivity contribution in [3.05, 3.63) is 70.3 Å². The van der Waals surface area contributed by atoms with Gasteiger partial charge in [-0.25, -0.2) is 4.98 Å². The second-order valence-electron chi connectivity index (χ2n) is 8.84. The molecule has 2 aromatic carbocycles. The van der Waals surface area contributed by atoms with Crippen molar-refractivity contribution in [2.45, 2.75) is 46.3 Å². The predicted molar refractivity (Wildman–Crippen MR) is 132 cm³/mol. The van der Waals surface area contributed by atoms with E-state index in [0.29, 0.717) is 5.02 Å². The molecule has 0 bridgehead atoms. The maximum Gasteiger partial charge on any atom is 0.163 e. The number of carbonyl (C=O) groups is 1. The van der Waals surface area contributed by atoms with E-state index in [0.717, 1.165) is 43.7 Å². The Kier molecular flexibility index (Phi) is 6.17. The molecule has 4 aromatic rings. The fraction of sp³-hybridized carbons (Fsp3) is 0.269. The number of Topliss-reactive ketones (excluding diaryl/α,β-unsaturated/α-hetero) is 1. The first kappa shape index (κ1) is 22.6. The normalized spacial score (nSPS) is 12.8. The van der Waals surface area contributed by atoms with Crippen LogP contribution >= 0.6 is 22.9 Å². The quantitative estimate of drug-likeness (QED) is 0.308. The minimum Gasteiger partial charge on any atom is -0.360 e. The van der Waals surface area contributed by atoms with Gasteiger partial charge in [-0.05, 0) is 87.2 Å². The van der Waals surface area contributed by atoms with Gasteiger partial charge in [-0.15, -0.1) is 11.3 Å². The average Bonchev–Trinajstić information content (AvgIpc) is 3.26. The number of hydrogen-bond acceptors (Lipinski definition) is 5. The van der Waals surface area contributed by atoms with Crippen LogP contribution in [0.15, 0.2) is 54.2 Å². The van der Waals surface area contributed by atoms with Gasteiger partial charge in [0.1, 0.15) is 6.10 Å². The highest BCUT2D eigenvalue weighted by molar-refractivity contribution is 7.13. The third kappa shape index (κ3) is 4.60. The number of pyridine rings is 1. The molecule has 164 valence electrons. The zero-order valence-corrected chi connectivity index (χ0v) is 20.3. The molecule has 6 heteroatoms. The number of benzene rings is 2. The van der Waals surface area contributed by atoms with Crippen LogP contribution in [0.25, 0.3) is 32.6 Å². The zero-order valence-electron chi connectivity index (χ0n) is 18.8. The fourth-order valence-corrected chi connectivity index (χ4v) is 4.58. The molecular weight excluding hydrogens is 440 g/mol. The van der Waals surface area contributed by atoms with Crippen LogP contribution in [0.2, 0.25) is 5.02 Å². The first-order chi connectivity index (χ1) is 15.1. The van der Waals surface area contributed by atoms with E-state index in [1.54, 1.807) is 23.8 Å². The summed E-state index contributed by atoms with van der Waals surface area (Å²) in [5.74, 6) is -0.0353. The van der Waals surface area contributed by atoms with Gasteiger partial charge in [0.25, 0.3) is 0 Å². The molecule has 0 aliphatic carbocycles. The fourth-order valence-electron chi connectivity index (χ4n) is 3.87. The molecule has 0 saturated heterocycles. The van der Waals surface area contributed by atoms with E-state index >= 15 is 0 Å². The Morgan fingerprint density at radius 3 is 2.44 bits per heavy atom. The standard InChI is InChI=1S/C26H25ClN2O2S/c1-15-12-21-19(10-11-20(29-21)22-13-28-14-32-22)24(17-6-8-18(27)9-7-17)23(15)25(16(2)30)31-26(3,4)5/h6-14,25H,1-5H3/t25-/m1/s1. The number of aromatic nitrogens is 2. The number of ether oxygens (including phenoxy) is 1. The molecule has 0 aliphatic rings. The van der Waals surface area contributed by atoms with Crippen LogP contribution in [0.1, 0.15) is 44.9 Å². The largest absolute Gasteiger partial charge is 0.360 e. The number of fused-ring (bicyclic) bond motifs is 1. The molecule has 32 heavy (non-hydrogen) atoms. The van der Waals surface area contributed by atoms with E-state index in [2.05, 4.69) is 11.1 Å². The summed E-state index contributed by atoms with van der Waals surface area (Å²) in [5, 5.41) is 1.62. The first-order valence-electron chi connectivity index (χ1n) is 10.4. The van der Waals surface area contributed by atoms with Crippen LogP contribution in [0.5, 0.6) is 0 Å². The van der Waals surface area contributed by atoms with E-state index in [9.17, 15) is 4.79 Å². The molecule has 1 atom stereocenters. The van der Waals surface area contributed by atoms with E-state index < -0.39 is 11.7 Å². The Bertz CT molecular complexity index is 1280. The first-order valence-corrected chi connectivity index (χ1v) is 11.7. The van der Waals surface area contributed by atoms with Gasteiger partial charge in [0.15, 0.2) is 5.78 Å². The second-order valence-corrected chi connectivity index (χ2v) is 10.2. The Morgan fingerprint density at radius 2 is 1.84 bits per heavy atom. The SMILES string of the molecule is CC(=O)[C@@H](OC(C)(C)C)c1c(C)cc2nc(-c3cncs3)ccc2c1-c1ccc(Cl)cc1. The van der Waals surface area contributed by atoms with Crippen molar-refractivity contribution in [2.24, 2.45) is 0 Å². The number of halogens is 1. The van der Waals surface area contributed by atoms with Crippen LogP contribution in [0.4, 0.5) is 0 Å². The van der Waals surface area contributed by atoms with Crippen LogP contribution < -0.4 is 0 Å². The lowest BCUT2D eigenvalue weighted by molar-refractivity contribution is -0.138. The summed E-state index contributed by atoms with van der Waals surface area (Å²) in [6.45, 7) is 9.48. The van der Waals surface area contributed by atoms with Gasteiger partial charge in [-0.2, -0.15) is 0 Å². The minimum atomic E-state index is -0.689. The van der Waals surface area contributed by atoms with Gasteiger partial charge in [-0.1, -0.05) is 23.7 Å². The molecule has 0 saturated carbocycles. The smallest absolute Gasteiger partial charge is 0.163 e. The Morgan fingerprint density at radius 1 is 1.12 bits per heavy atom. The summed E-state index contributed by atoms with van der Waals surface area (Å²) in [7, 11) is 0. The monoisotopic (exact) mass is 464 g/mol. The molecule has 0 unspecified atom stereocenters. The van der Waals surface area contributed by atoms with Gasteiger partial charge in [0.2, 0.25) is 0 Å². The van der Waals surface area contributed by atoms with Gasteiger partial charge < -0.3 is 4.74 Å². The highest BCUT2D eigenvalue weighted by atomic mass is 35.5.